The van der Waals surface area contributed by atoms with E-state index in [1.165, 1.54) is 38.3 Å². The molecule has 8 nitrogen and oxygen atoms in total. The first-order valence-corrected chi connectivity index (χ1v) is 14.6. The van der Waals surface area contributed by atoms with Crippen molar-refractivity contribution in [2.75, 3.05) is 11.9 Å². The fourth-order valence-electron chi connectivity index (χ4n) is 5.04. The van der Waals surface area contributed by atoms with Gasteiger partial charge in [-0.2, -0.15) is 0 Å². The Morgan fingerprint density at radius 3 is 2.59 bits per heavy atom. The number of amides is 1. The van der Waals surface area contributed by atoms with Crippen LogP contribution in [0, 0.1) is 5.92 Å². The number of carbonyl (C=O) groups is 1. The van der Waals surface area contributed by atoms with Crippen molar-refractivity contribution in [1.29, 1.82) is 0 Å². The number of rotatable bonds is 12. The first kappa shape index (κ1) is 29.3. The summed E-state index contributed by atoms with van der Waals surface area (Å²) in [4.78, 5) is 20.2. The molecule has 0 spiro atoms. The Labute approximate surface area is 239 Å². The van der Waals surface area contributed by atoms with Crippen LogP contribution in [0.15, 0.2) is 30.5 Å². The minimum atomic E-state index is -0.650. The summed E-state index contributed by atoms with van der Waals surface area (Å²) < 4.78 is 5.94. The first-order chi connectivity index (χ1) is 18.8. The monoisotopic (exact) mass is 573 g/mol. The maximum Gasteiger partial charge on any atom is 0.294 e. The van der Waals surface area contributed by atoms with Crippen LogP contribution in [0.1, 0.15) is 88.1 Å². The average Bonchev–Trinajstić information content (AvgIpc) is 3.42. The quantitative estimate of drug-likeness (QED) is 0.196. The van der Waals surface area contributed by atoms with Crippen LogP contribution >= 0.6 is 23.2 Å². The van der Waals surface area contributed by atoms with Gasteiger partial charge in [0.25, 0.3) is 5.91 Å². The second-order valence-electron chi connectivity index (χ2n) is 10.4. The molecule has 0 atom stereocenters. The number of hydrogen-bond acceptors (Lipinski definition) is 6. The Bertz CT molecular complexity index is 1260. The van der Waals surface area contributed by atoms with Gasteiger partial charge in [-0.25, -0.2) is 4.98 Å². The van der Waals surface area contributed by atoms with E-state index in [2.05, 4.69) is 25.5 Å². The van der Waals surface area contributed by atoms with E-state index in [9.17, 15) is 9.90 Å². The number of anilines is 1. The summed E-state index contributed by atoms with van der Waals surface area (Å²) in [5.41, 5.74) is 0.618. The standard InChI is InChI=1S/C29H37Cl2N5O3/c1-3-29(38,4-2)13-8-14-39-20-11-12-23(30)21(16-20)22-17-25(32-18-24(22)31)34-28(37)27-33-26(35-36-27)15-19-9-6-5-7-10-19/h11-12,16-19,38H,3-10,13-15H2,1-2H3,(H,32,34,37)(H,33,35,36). The fourth-order valence-corrected chi connectivity index (χ4v) is 5.46. The number of carbonyl (C=O) groups excluding carboxylic acids is 1. The lowest BCUT2D eigenvalue weighted by Gasteiger charge is -2.24. The van der Waals surface area contributed by atoms with E-state index in [-0.39, 0.29) is 5.82 Å². The van der Waals surface area contributed by atoms with E-state index < -0.39 is 11.5 Å². The van der Waals surface area contributed by atoms with E-state index >= 15 is 0 Å². The van der Waals surface area contributed by atoms with Gasteiger partial charge in [-0.15, -0.1) is 10.2 Å². The molecule has 10 heteroatoms. The number of nitrogens with zero attached hydrogens (tertiary/aromatic N) is 3. The third kappa shape index (κ3) is 7.93. The summed E-state index contributed by atoms with van der Waals surface area (Å²) in [6.45, 7) is 4.45. The topological polar surface area (TPSA) is 113 Å². The molecule has 1 aromatic carbocycles. The molecule has 0 bridgehead atoms. The molecule has 0 unspecified atom stereocenters. The van der Waals surface area contributed by atoms with Crippen LogP contribution in [-0.2, 0) is 6.42 Å². The predicted octanol–water partition coefficient (Wildman–Crippen LogP) is 7.26. The highest BCUT2D eigenvalue weighted by molar-refractivity contribution is 6.36. The maximum absolute atomic E-state index is 12.9. The molecule has 2 aromatic heterocycles. The van der Waals surface area contributed by atoms with Crippen molar-refractivity contribution in [3.63, 3.8) is 0 Å². The lowest BCUT2D eigenvalue weighted by atomic mass is 9.87. The molecule has 1 aliphatic carbocycles. The number of ether oxygens (including phenoxy) is 1. The van der Waals surface area contributed by atoms with Gasteiger partial charge in [0.05, 0.1) is 17.2 Å². The van der Waals surface area contributed by atoms with Gasteiger partial charge >= 0.3 is 0 Å². The molecule has 1 aliphatic rings. The molecule has 210 valence electrons. The molecule has 3 aromatic rings. The maximum atomic E-state index is 12.9. The molecular formula is C29H37Cl2N5O3. The Balaban J connectivity index is 1.41. The van der Waals surface area contributed by atoms with Crippen molar-refractivity contribution in [2.24, 2.45) is 5.92 Å². The van der Waals surface area contributed by atoms with E-state index in [1.807, 2.05) is 19.9 Å². The number of pyridine rings is 1. The van der Waals surface area contributed by atoms with Gasteiger partial charge in [-0.1, -0.05) is 69.2 Å². The van der Waals surface area contributed by atoms with Gasteiger partial charge in [0.15, 0.2) is 0 Å². The number of aromatic amines is 1. The summed E-state index contributed by atoms with van der Waals surface area (Å²) in [7, 11) is 0. The van der Waals surface area contributed by atoms with Crippen LogP contribution in [0.4, 0.5) is 5.82 Å². The van der Waals surface area contributed by atoms with Crippen molar-refractivity contribution < 1.29 is 14.6 Å². The zero-order valence-electron chi connectivity index (χ0n) is 22.6. The van der Waals surface area contributed by atoms with Gasteiger partial charge in [-0.3, -0.25) is 4.79 Å². The molecule has 1 fully saturated rings. The molecule has 0 radical (unpaired) electrons. The number of aromatic nitrogens is 4. The Kier molecular flexibility index (Phi) is 10.2. The second-order valence-corrected chi connectivity index (χ2v) is 11.2. The van der Waals surface area contributed by atoms with Crippen molar-refractivity contribution in [1.82, 2.24) is 20.2 Å². The SMILES string of the molecule is CCC(O)(CC)CCCOc1ccc(Cl)c(-c2cc(NC(=O)c3nnc(CC4CCCCC4)[nH]3)ncc2Cl)c1. The highest BCUT2D eigenvalue weighted by Crippen LogP contribution is 2.37. The highest BCUT2D eigenvalue weighted by Gasteiger charge is 2.22. The Morgan fingerprint density at radius 2 is 1.85 bits per heavy atom. The van der Waals surface area contributed by atoms with Crippen molar-refractivity contribution in [2.45, 2.75) is 83.7 Å². The smallest absolute Gasteiger partial charge is 0.294 e. The van der Waals surface area contributed by atoms with E-state index in [0.717, 1.165) is 18.7 Å². The molecule has 39 heavy (non-hydrogen) atoms. The van der Waals surface area contributed by atoms with Gasteiger partial charge < -0.3 is 20.1 Å². The lowest BCUT2D eigenvalue weighted by Crippen LogP contribution is -2.26. The minimum Gasteiger partial charge on any atom is -0.494 e. The first-order valence-electron chi connectivity index (χ1n) is 13.8. The van der Waals surface area contributed by atoms with E-state index in [0.29, 0.717) is 64.5 Å². The van der Waals surface area contributed by atoms with Gasteiger partial charge in [-0.05, 0) is 55.9 Å². The number of aliphatic hydroxyl groups is 1. The Hall–Kier alpha value is -2.68. The van der Waals surface area contributed by atoms with Gasteiger partial charge in [0, 0.05) is 28.8 Å². The van der Waals surface area contributed by atoms with Crippen LogP contribution in [0.25, 0.3) is 11.1 Å². The molecule has 1 saturated carbocycles. The minimum absolute atomic E-state index is 0.144. The molecule has 0 saturated heterocycles. The second kappa shape index (κ2) is 13.6. The molecule has 3 N–H and O–H groups in total. The predicted molar refractivity (Wildman–Crippen MR) is 155 cm³/mol. The number of H-pyrrole nitrogens is 1. The number of benzene rings is 1. The molecule has 0 aliphatic heterocycles. The fraction of sp³-hybridized carbons (Fsp3) is 0.517. The van der Waals surface area contributed by atoms with Crippen molar-refractivity contribution in [3.8, 4) is 16.9 Å². The van der Waals surface area contributed by atoms with Crippen LogP contribution in [0.5, 0.6) is 5.75 Å². The molecular weight excluding hydrogens is 537 g/mol. The van der Waals surface area contributed by atoms with Crippen LogP contribution in [0.3, 0.4) is 0 Å². The van der Waals surface area contributed by atoms with Crippen molar-refractivity contribution >= 4 is 34.9 Å². The molecule has 4 rings (SSSR count). The summed E-state index contributed by atoms with van der Waals surface area (Å²) in [6, 6.07) is 7.03. The molecule has 1 amide bonds. The summed E-state index contributed by atoms with van der Waals surface area (Å²) in [6.07, 6.45) is 11.3. The Morgan fingerprint density at radius 1 is 1.10 bits per heavy atom. The van der Waals surface area contributed by atoms with Crippen LogP contribution < -0.4 is 10.1 Å². The number of halogens is 2. The van der Waals surface area contributed by atoms with Crippen molar-refractivity contribution in [3.05, 3.63) is 52.2 Å². The summed E-state index contributed by atoms with van der Waals surface area (Å²) in [5, 5.41) is 22.3. The zero-order valence-corrected chi connectivity index (χ0v) is 24.1. The molecule has 2 heterocycles. The zero-order chi connectivity index (χ0) is 27.8. The lowest BCUT2D eigenvalue weighted by molar-refractivity contribution is 0.0185. The highest BCUT2D eigenvalue weighted by atomic mass is 35.5. The van der Waals surface area contributed by atoms with E-state index in [4.69, 9.17) is 27.9 Å². The van der Waals surface area contributed by atoms with Crippen LogP contribution in [-0.4, -0.2) is 43.4 Å². The third-order valence-electron chi connectivity index (χ3n) is 7.65. The summed E-state index contributed by atoms with van der Waals surface area (Å²) >= 11 is 13.0. The van der Waals surface area contributed by atoms with Gasteiger partial charge in [0.2, 0.25) is 5.82 Å². The van der Waals surface area contributed by atoms with Gasteiger partial charge in [0.1, 0.15) is 17.4 Å². The average molecular weight is 575 g/mol. The third-order valence-corrected chi connectivity index (χ3v) is 8.28. The van der Waals surface area contributed by atoms with Crippen LogP contribution in [0.2, 0.25) is 10.0 Å². The van der Waals surface area contributed by atoms with E-state index in [1.54, 1.807) is 18.2 Å². The largest absolute Gasteiger partial charge is 0.494 e. The number of nitrogens with one attached hydrogen (secondary N) is 2. The summed E-state index contributed by atoms with van der Waals surface area (Å²) in [5.74, 6) is 1.98. The number of hydrogen-bond donors (Lipinski definition) is 3. The normalized spacial score (nSPS) is 14.4.